The van der Waals surface area contributed by atoms with E-state index in [4.69, 9.17) is 5.73 Å². The van der Waals surface area contributed by atoms with Gasteiger partial charge in [-0.2, -0.15) is 0 Å². The summed E-state index contributed by atoms with van der Waals surface area (Å²) in [5, 5.41) is 2.09. The van der Waals surface area contributed by atoms with Gasteiger partial charge < -0.3 is 5.73 Å². The van der Waals surface area contributed by atoms with Crippen LogP contribution in [0, 0.1) is 17.8 Å². The van der Waals surface area contributed by atoms with Crippen molar-refractivity contribution in [1.82, 2.24) is 10.4 Å². The normalized spacial score (nSPS) is 41.7. The molecule has 0 aromatic carbocycles. The monoisotopic (exact) mass is 237 g/mol. The number of nitrogens with one attached hydrogen (secondary N) is 1. The highest BCUT2D eigenvalue weighted by Gasteiger charge is 2.49. The first kappa shape index (κ1) is 11.5. The minimum atomic E-state index is 0.0793. The molecule has 4 nitrogen and oxygen atoms in total. The van der Waals surface area contributed by atoms with Crippen LogP contribution in [0.3, 0.4) is 0 Å². The first-order valence-corrected chi connectivity index (χ1v) is 7.07. The van der Waals surface area contributed by atoms with E-state index in [-0.39, 0.29) is 17.9 Å². The summed E-state index contributed by atoms with van der Waals surface area (Å²) in [5.41, 5.74) is 9.28. The maximum absolute atomic E-state index is 12.3. The molecule has 0 aromatic heterocycles. The van der Waals surface area contributed by atoms with E-state index in [2.05, 4.69) is 10.4 Å². The quantitative estimate of drug-likeness (QED) is 0.749. The van der Waals surface area contributed by atoms with Gasteiger partial charge in [0.1, 0.15) is 0 Å². The van der Waals surface area contributed by atoms with E-state index in [0.717, 1.165) is 13.1 Å². The number of piperidine rings is 1. The maximum Gasteiger partial charge on any atom is 0.239 e. The smallest absolute Gasteiger partial charge is 0.239 e. The van der Waals surface area contributed by atoms with Gasteiger partial charge in [-0.15, -0.1) is 0 Å². The Kier molecular flexibility index (Phi) is 3.09. The topological polar surface area (TPSA) is 58.4 Å². The summed E-state index contributed by atoms with van der Waals surface area (Å²) in [6.45, 7) is 2.00. The van der Waals surface area contributed by atoms with Gasteiger partial charge >= 0.3 is 0 Å². The summed E-state index contributed by atoms with van der Waals surface area (Å²) in [6.07, 6.45) is 7.31. The zero-order valence-electron chi connectivity index (χ0n) is 10.4. The van der Waals surface area contributed by atoms with Crippen molar-refractivity contribution >= 4 is 5.91 Å². The van der Waals surface area contributed by atoms with Gasteiger partial charge in [0.15, 0.2) is 0 Å². The number of hydrogen-bond acceptors (Lipinski definition) is 3. The van der Waals surface area contributed by atoms with Crippen LogP contribution in [0.5, 0.6) is 0 Å². The van der Waals surface area contributed by atoms with Crippen LogP contribution in [-0.2, 0) is 4.79 Å². The highest BCUT2D eigenvalue weighted by molar-refractivity contribution is 5.80. The second-order valence-electron chi connectivity index (χ2n) is 5.96. The van der Waals surface area contributed by atoms with Crippen molar-refractivity contribution in [2.45, 2.75) is 44.6 Å². The summed E-state index contributed by atoms with van der Waals surface area (Å²) < 4.78 is 0. The van der Waals surface area contributed by atoms with E-state index in [1.807, 2.05) is 0 Å². The molecule has 2 aliphatic carbocycles. The summed E-state index contributed by atoms with van der Waals surface area (Å²) in [6, 6.07) is 0.110. The van der Waals surface area contributed by atoms with Crippen molar-refractivity contribution in [3.8, 4) is 0 Å². The number of nitrogens with zero attached hydrogens (tertiary/aromatic N) is 1. The second kappa shape index (κ2) is 4.58. The van der Waals surface area contributed by atoms with Crippen molar-refractivity contribution in [3.63, 3.8) is 0 Å². The molecular weight excluding hydrogens is 214 g/mol. The molecule has 1 aliphatic heterocycles. The number of amides is 1. The van der Waals surface area contributed by atoms with Gasteiger partial charge in [-0.1, -0.05) is 6.42 Å². The Hall–Kier alpha value is -0.610. The number of hydrazine groups is 1. The fourth-order valence-electron chi connectivity index (χ4n) is 3.96. The molecule has 3 aliphatic rings. The second-order valence-corrected chi connectivity index (χ2v) is 5.96. The van der Waals surface area contributed by atoms with Crippen molar-refractivity contribution in [2.75, 3.05) is 13.1 Å². The number of carbonyl (C=O) groups is 1. The molecule has 17 heavy (non-hydrogen) atoms. The van der Waals surface area contributed by atoms with Crippen LogP contribution >= 0.6 is 0 Å². The van der Waals surface area contributed by atoms with Gasteiger partial charge in [0.05, 0.1) is 5.92 Å². The average molecular weight is 237 g/mol. The lowest BCUT2D eigenvalue weighted by atomic mass is 9.84. The van der Waals surface area contributed by atoms with Gasteiger partial charge in [0.25, 0.3) is 0 Å². The third-order valence-corrected chi connectivity index (χ3v) is 4.91. The molecular formula is C13H23N3O. The summed E-state index contributed by atoms with van der Waals surface area (Å²) in [7, 11) is 0. The van der Waals surface area contributed by atoms with Crippen LogP contribution < -0.4 is 11.2 Å². The largest absolute Gasteiger partial charge is 0.327 e. The number of nitrogens with two attached hydrogens (primary N) is 1. The Balaban J connectivity index is 1.58. The molecule has 1 amide bonds. The van der Waals surface area contributed by atoms with Gasteiger partial charge in [-0.3, -0.25) is 10.2 Å². The fourth-order valence-corrected chi connectivity index (χ4v) is 3.96. The maximum atomic E-state index is 12.3. The third-order valence-electron chi connectivity index (χ3n) is 4.91. The van der Waals surface area contributed by atoms with Gasteiger partial charge in [-0.05, 0) is 43.9 Å². The van der Waals surface area contributed by atoms with Crippen molar-refractivity contribution in [1.29, 1.82) is 0 Å². The highest BCUT2D eigenvalue weighted by atomic mass is 16.2. The minimum absolute atomic E-state index is 0.0793. The van der Waals surface area contributed by atoms with Crippen LogP contribution in [0.25, 0.3) is 0 Å². The van der Waals surface area contributed by atoms with Gasteiger partial charge in [-0.25, -0.2) is 5.01 Å². The predicted octanol–water partition coefficient (Wildman–Crippen LogP) is 0.877. The van der Waals surface area contributed by atoms with E-state index in [9.17, 15) is 4.79 Å². The summed E-state index contributed by atoms with van der Waals surface area (Å²) in [4.78, 5) is 12.3. The highest BCUT2D eigenvalue weighted by Crippen LogP contribution is 2.47. The summed E-state index contributed by atoms with van der Waals surface area (Å²) in [5.74, 6) is 1.43. The van der Waals surface area contributed by atoms with Crippen LogP contribution in [0.2, 0.25) is 0 Å². The van der Waals surface area contributed by atoms with Gasteiger partial charge in [0.2, 0.25) is 5.91 Å². The van der Waals surface area contributed by atoms with Crippen molar-refractivity contribution in [2.24, 2.45) is 23.5 Å². The number of rotatable bonds is 2. The number of carbonyl (C=O) groups excluding carboxylic acids is 1. The van der Waals surface area contributed by atoms with Crippen molar-refractivity contribution in [3.05, 3.63) is 0 Å². The minimum Gasteiger partial charge on any atom is -0.327 e. The molecule has 4 heteroatoms. The lowest BCUT2D eigenvalue weighted by Crippen LogP contribution is -2.52. The molecule has 4 unspecified atom stereocenters. The summed E-state index contributed by atoms with van der Waals surface area (Å²) >= 11 is 0. The lowest BCUT2D eigenvalue weighted by Gasteiger charge is -2.32. The third kappa shape index (κ3) is 2.08. The van der Waals surface area contributed by atoms with E-state index in [0.29, 0.717) is 11.8 Å². The zero-order valence-corrected chi connectivity index (χ0v) is 10.4. The molecule has 4 atom stereocenters. The van der Waals surface area contributed by atoms with Crippen molar-refractivity contribution < 1.29 is 4.79 Å². The molecule has 96 valence electrons. The molecule has 0 radical (unpaired) electrons. The molecule has 3 fully saturated rings. The van der Waals surface area contributed by atoms with E-state index >= 15 is 0 Å². The Morgan fingerprint density at radius 1 is 1.12 bits per heavy atom. The number of hydrogen-bond donors (Lipinski definition) is 2. The van der Waals surface area contributed by atoms with Crippen LogP contribution in [0.4, 0.5) is 0 Å². The van der Waals surface area contributed by atoms with E-state index in [1.54, 1.807) is 0 Å². The molecule has 3 N–H and O–H groups in total. The Morgan fingerprint density at radius 2 is 1.82 bits per heavy atom. The predicted molar refractivity (Wildman–Crippen MR) is 65.9 cm³/mol. The van der Waals surface area contributed by atoms with E-state index < -0.39 is 0 Å². The van der Waals surface area contributed by atoms with Crippen LogP contribution in [0.15, 0.2) is 0 Å². The van der Waals surface area contributed by atoms with E-state index in [1.165, 1.54) is 38.5 Å². The van der Waals surface area contributed by atoms with Gasteiger partial charge in [0, 0.05) is 19.1 Å². The molecule has 1 saturated heterocycles. The average Bonchev–Trinajstić information content (AvgIpc) is 2.90. The molecule has 2 saturated carbocycles. The Morgan fingerprint density at radius 3 is 2.47 bits per heavy atom. The Bertz CT molecular complexity index is 299. The standard InChI is InChI=1S/C13H23N3O/c14-12-10-5-4-9(8-10)11(12)13(17)15-16-6-2-1-3-7-16/h9-12H,1-8,14H2,(H,15,17). The first-order chi connectivity index (χ1) is 8.25. The SMILES string of the molecule is NC1C2CCC(C2)C1C(=O)NN1CCCCC1. The lowest BCUT2D eigenvalue weighted by molar-refractivity contribution is -0.132. The molecule has 3 rings (SSSR count). The molecule has 2 bridgehead atoms. The molecule has 0 spiro atoms. The molecule has 0 aromatic rings. The zero-order chi connectivity index (χ0) is 11.8. The Labute approximate surface area is 103 Å². The number of fused-ring (bicyclic) bond motifs is 2. The fraction of sp³-hybridized carbons (Fsp3) is 0.923. The first-order valence-electron chi connectivity index (χ1n) is 7.07. The van der Waals surface area contributed by atoms with Crippen LogP contribution in [0.1, 0.15) is 38.5 Å². The molecule has 1 heterocycles. The van der Waals surface area contributed by atoms with Crippen LogP contribution in [-0.4, -0.2) is 30.0 Å².